The fourth-order valence-electron chi connectivity index (χ4n) is 2.20. The lowest BCUT2D eigenvalue weighted by Crippen LogP contribution is -2.37. The zero-order chi connectivity index (χ0) is 14.8. The Labute approximate surface area is 120 Å². The quantitative estimate of drug-likeness (QED) is 0.783. The molecule has 4 nitrogen and oxygen atoms in total. The van der Waals surface area contributed by atoms with Crippen LogP contribution in [0.3, 0.4) is 0 Å². The van der Waals surface area contributed by atoms with Crippen LogP contribution in [0.2, 0.25) is 0 Å². The number of ether oxygens (including phenoxy) is 1. The van der Waals surface area contributed by atoms with Crippen molar-refractivity contribution in [2.75, 3.05) is 6.54 Å². The lowest BCUT2D eigenvalue weighted by Gasteiger charge is -2.31. The Kier molecular flexibility index (Phi) is 4.12. The van der Waals surface area contributed by atoms with Gasteiger partial charge in [-0.15, -0.1) is 0 Å². The number of carbonyl (C=O) groups is 1. The van der Waals surface area contributed by atoms with E-state index in [1.54, 1.807) is 11.1 Å². The molecule has 1 aliphatic rings. The van der Waals surface area contributed by atoms with Crippen molar-refractivity contribution < 1.29 is 9.53 Å². The van der Waals surface area contributed by atoms with Crippen molar-refractivity contribution in [2.45, 2.75) is 46.1 Å². The predicted molar refractivity (Wildman–Crippen MR) is 79.1 cm³/mol. The van der Waals surface area contributed by atoms with Gasteiger partial charge >= 0.3 is 6.09 Å². The van der Waals surface area contributed by atoms with Crippen molar-refractivity contribution in [1.29, 1.82) is 0 Å². The average Bonchev–Trinajstić information content (AvgIpc) is 2.37. The molecule has 0 spiro atoms. The number of rotatable bonds is 1. The molecule has 0 aromatic carbocycles. The summed E-state index contributed by atoms with van der Waals surface area (Å²) in [5.41, 5.74) is 2.30. The highest BCUT2D eigenvalue weighted by atomic mass is 16.6. The minimum Gasteiger partial charge on any atom is -0.443 e. The Balaban J connectivity index is 2.29. The molecule has 0 N–H and O–H groups in total. The van der Waals surface area contributed by atoms with Crippen molar-refractivity contribution in [2.24, 2.45) is 0 Å². The van der Waals surface area contributed by atoms with Crippen molar-refractivity contribution >= 4 is 11.8 Å². The van der Waals surface area contributed by atoms with Crippen LogP contribution in [0.1, 0.15) is 44.9 Å². The first-order valence-electron chi connectivity index (χ1n) is 7.01. The predicted octanol–water partition coefficient (Wildman–Crippen LogP) is 3.76. The Morgan fingerprint density at radius 1 is 1.40 bits per heavy atom. The second-order valence-corrected chi connectivity index (χ2v) is 6.03. The van der Waals surface area contributed by atoms with E-state index in [0.717, 1.165) is 29.8 Å². The fraction of sp³-hybridized carbons (Fsp3) is 0.500. The first kappa shape index (κ1) is 14.6. The zero-order valence-corrected chi connectivity index (χ0v) is 12.6. The molecule has 0 radical (unpaired) electrons. The monoisotopic (exact) mass is 274 g/mol. The van der Waals surface area contributed by atoms with Gasteiger partial charge in [0.25, 0.3) is 0 Å². The number of hydrogen-bond donors (Lipinski definition) is 0. The first-order valence-corrected chi connectivity index (χ1v) is 7.01. The van der Waals surface area contributed by atoms with E-state index in [4.69, 9.17) is 4.74 Å². The smallest absolute Gasteiger partial charge is 0.414 e. The number of pyridine rings is 1. The van der Waals surface area contributed by atoms with E-state index in [-0.39, 0.29) is 6.09 Å². The molecule has 0 atom stereocenters. The summed E-state index contributed by atoms with van der Waals surface area (Å²) in [5, 5.41) is 0. The Morgan fingerprint density at radius 2 is 2.15 bits per heavy atom. The largest absolute Gasteiger partial charge is 0.443 e. The minimum absolute atomic E-state index is 0.298. The van der Waals surface area contributed by atoms with Crippen LogP contribution >= 0.6 is 0 Å². The number of amides is 1. The molecule has 0 fully saturated rings. The number of carbonyl (C=O) groups excluding carboxylic acids is 1. The highest BCUT2D eigenvalue weighted by molar-refractivity contribution is 5.82. The molecule has 2 heterocycles. The first-order chi connectivity index (χ1) is 9.38. The van der Waals surface area contributed by atoms with Crippen molar-refractivity contribution in [3.05, 3.63) is 35.7 Å². The third-order valence-corrected chi connectivity index (χ3v) is 3.08. The standard InChI is InChI=1S/C16H22N2O2/c1-12-8-7-10-17-14(12)13-9-5-6-11-18(13)15(19)20-16(2,3)4/h7-10H,5-6,11H2,1-4H3. The van der Waals surface area contributed by atoms with Crippen LogP contribution in [0.15, 0.2) is 24.4 Å². The van der Waals surface area contributed by atoms with E-state index in [2.05, 4.69) is 11.1 Å². The third-order valence-electron chi connectivity index (χ3n) is 3.08. The number of nitrogens with zero attached hydrogens (tertiary/aromatic N) is 2. The van der Waals surface area contributed by atoms with E-state index in [0.29, 0.717) is 6.54 Å². The van der Waals surface area contributed by atoms with E-state index < -0.39 is 5.60 Å². The normalized spacial score (nSPS) is 15.8. The number of aromatic nitrogens is 1. The van der Waals surface area contributed by atoms with E-state index in [9.17, 15) is 4.79 Å². The molecule has 0 saturated carbocycles. The molecule has 4 heteroatoms. The second-order valence-electron chi connectivity index (χ2n) is 6.03. The molecule has 1 aromatic heterocycles. The zero-order valence-electron chi connectivity index (χ0n) is 12.6. The van der Waals surface area contributed by atoms with Gasteiger partial charge in [-0.2, -0.15) is 0 Å². The summed E-state index contributed by atoms with van der Waals surface area (Å²) in [6, 6.07) is 3.91. The summed E-state index contributed by atoms with van der Waals surface area (Å²) in [5.74, 6) is 0. The van der Waals surface area contributed by atoms with Gasteiger partial charge in [0, 0.05) is 12.7 Å². The highest BCUT2D eigenvalue weighted by Crippen LogP contribution is 2.27. The van der Waals surface area contributed by atoms with E-state index in [1.165, 1.54) is 0 Å². The third kappa shape index (κ3) is 3.38. The van der Waals surface area contributed by atoms with Gasteiger partial charge < -0.3 is 4.74 Å². The minimum atomic E-state index is -0.487. The van der Waals surface area contributed by atoms with Crippen LogP contribution in [0.5, 0.6) is 0 Å². The van der Waals surface area contributed by atoms with E-state index in [1.807, 2.05) is 39.8 Å². The molecule has 1 aliphatic heterocycles. The van der Waals surface area contributed by atoms with Crippen molar-refractivity contribution in [3.63, 3.8) is 0 Å². The number of allylic oxidation sites excluding steroid dienone is 1. The Bertz CT molecular complexity index is 530. The van der Waals surface area contributed by atoms with Crippen molar-refractivity contribution in [3.8, 4) is 0 Å². The van der Waals surface area contributed by atoms with E-state index >= 15 is 0 Å². The molecule has 0 saturated heterocycles. The molecular formula is C16H22N2O2. The number of hydrogen-bond acceptors (Lipinski definition) is 3. The Hall–Kier alpha value is -1.84. The fourth-order valence-corrected chi connectivity index (χ4v) is 2.20. The number of aryl methyl sites for hydroxylation is 1. The molecule has 1 amide bonds. The van der Waals surface area contributed by atoms with Crippen LogP contribution in [0.4, 0.5) is 4.79 Å². The van der Waals surface area contributed by atoms with Gasteiger partial charge in [-0.1, -0.05) is 12.1 Å². The molecular weight excluding hydrogens is 252 g/mol. The molecule has 0 unspecified atom stereocenters. The van der Waals surface area contributed by atoms with Gasteiger partial charge in [-0.3, -0.25) is 9.88 Å². The van der Waals surface area contributed by atoms with Crippen LogP contribution in [-0.4, -0.2) is 28.1 Å². The SMILES string of the molecule is Cc1cccnc1C1=CCCCN1C(=O)OC(C)(C)C. The van der Waals surface area contributed by atoms with Gasteiger partial charge in [0.15, 0.2) is 0 Å². The van der Waals surface area contributed by atoms with Gasteiger partial charge in [0.05, 0.1) is 11.4 Å². The lowest BCUT2D eigenvalue weighted by molar-refractivity contribution is 0.0346. The molecule has 1 aromatic rings. The van der Waals surface area contributed by atoms with Gasteiger partial charge in [0.2, 0.25) is 0 Å². The van der Waals surface area contributed by atoms with Gasteiger partial charge in [-0.05, 0) is 52.2 Å². The van der Waals surface area contributed by atoms with Crippen LogP contribution < -0.4 is 0 Å². The molecule has 20 heavy (non-hydrogen) atoms. The molecule has 108 valence electrons. The summed E-state index contributed by atoms with van der Waals surface area (Å²) < 4.78 is 5.49. The summed E-state index contributed by atoms with van der Waals surface area (Å²) in [6.45, 7) is 8.32. The molecule has 0 bridgehead atoms. The van der Waals surface area contributed by atoms with Crippen molar-refractivity contribution in [1.82, 2.24) is 9.88 Å². The maximum Gasteiger partial charge on any atom is 0.414 e. The van der Waals surface area contributed by atoms with Crippen LogP contribution in [0, 0.1) is 6.92 Å². The maximum absolute atomic E-state index is 12.3. The van der Waals surface area contributed by atoms with Crippen LogP contribution in [-0.2, 0) is 4.74 Å². The summed E-state index contributed by atoms with van der Waals surface area (Å²) in [6.07, 6.45) is 5.45. The highest BCUT2D eigenvalue weighted by Gasteiger charge is 2.27. The average molecular weight is 274 g/mol. The second kappa shape index (κ2) is 5.65. The summed E-state index contributed by atoms with van der Waals surface area (Å²) >= 11 is 0. The molecule has 0 aliphatic carbocycles. The summed E-state index contributed by atoms with van der Waals surface area (Å²) in [7, 11) is 0. The lowest BCUT2D eigenvalue weighted by atomic mass is 10.1. The van der Waals surface area contributed by atoms with Gasteiger partial charge in [0.1, 0.15) is 5.60 Å². The topological polar surface area (TPSA) is 42.4 Å². The van der Waals surface area contributed by atoms with Gasteiger partial charge in [-0.25, -0.2) is 4.79 Å². The Morgan fingerprint density at radius 3 is 2.80 bits per heavy atom. The summed E-state index contributed by atoms with van der Waals surface area (Å²) in [4.78, 5) is 18.5. The van der Waals surface area contributed by atoms with Crippen LogP contribution in [0.25, 0.3) is 5.70 Å². The maximum atomic E-state index is 12.3. The molecule has 2 rings (SSSR count).